The predicted octanol–water partition coefficient (Wildman–Crippen LogP) is 4.71. The van der Waals surface area contributed by atoms with E-state index in [-0.39, 0.29) is 17.9 Å². The third-order valence-electron chi connectivity index (χ3n) is 5.77. The van der Waals surface area contributed by atoms with E-state index in [1.165, 1.54) is 12.8 Å². The number of carbonyl (C=O) groups is 1. The molecule has 4 heteroatoms. The summed E-state index contributed by atoms with van der Waals surface area (Å²) in [4.78, 5) is 14.9. The first-order valence-corrected chi connectivity index (χ1v) is 9.95. The molecule has 4 rings (SSSR count). The lowest BCUT2D eigenvalue weighted by molar-refractivity contribution is -0.119. The van der Waals surface area contributed by atoms with Crippen molar-refractivity contribution >= 4 is 11.6 Å². The van der Waals surface area contributed by atoms with E-state index < -0.39 is 0 Å². The van der Waals surface area contributed by atoms with Crippen molar-refractivity contribution in [1.82, 2.24) is 0 Å². The molecule has 1 amide bonds. The van der Waals surface area contributed by atoms with Crippen LogP contribution in [-0.4, -0.2) is 25.7 Å². The molecule has 0 aromatic heterocycles. The fourth-order valence-electron chi connectivity index (χ4n) is 4.40. The molecule has 1 heterocycles. The third-order valence-corrected chi connectivity index (χ3v) is 5.77. The molecule has 0 spiro atoms. The number of rotatable bonds is 6. The fraction of sp³-hybridized carbons (Fsp3) is 0.435. The Balaban J connectivity index is 1.67. The van der Waals surface area contributed by atoms with E-state index in [1.807, 2.05) is 42.2 Å². The Kier molecular flexibility index (Phi) is 5.06. The molecule has 1 atom stereocenters. The van der Waals surface area contributed by atoms with Gasteiger partial charge in [0, 0.05) is 12.2 Å². The first-order chi connectivity index (χ1) is 13.2. The van der Waals surface area contributed by atoms with Crippen LogP contribution in [0.25, 0.3) is 0 Å². The maximum atomic E-state index is 13.1. The van der Waals surface area contributed by atoms with Crippen LogP contribution in [0, 0.1) is 0 Å². The molecular formula is C23H27NO3. The molecule has 27 heavy (non-hydrogen) atoms. The van der Waals surface area contributed by atoms with Crippen LogP contribution in [0.2, 0.25) is 0 Å². The van der Waals surface area contributed by atoms with Crippen molar-refractivity contribution in [2.75, 3.05) is 18.6 Å². The SMILES string of the molecule is CCN1C(=O)C(Cc2cccc(OC)c2OC2CCCC2)c2ccccc21. The summed E-state index contributed by atoms with van der Waals surface area (Å²) in [6.45, 7) is 2.72. The van der Waals surface area contributed by atoms with Gasteiger partial charge in [0.25, 0.3) is 0 Å². The van der Waals surface area contributed by atoms with E-state index in [0.717, 1.165) is 41.2 Å². The summed E-state index contributed by atoms with van der Waals surface area (Å²) < 4.78 is 11.9. The number of para-hydroxylation sites is 2. The van der Waals surface area contributed by atoms with Crippen molar-refractivity contribution in [3.05, 3.63) is 53.6 Å². The number of nitrogens with zero attached hydrogens (tertiary/aromatic N) is 1. The van der Waals surface area contributed by atoms with Gasteiger partial charge in [-0.3, -0.25) is 4.79 Å². The van der Waals surface area contributed by atoms with E-state index in [0.29, 0.717) is 13.0 Å². The Bertz CT molecular complexity index is 826. The summed E-state index contributed by atoms with van der Waals surface area (Å²) in [6, 6.07) is 14.1. The number of likely N-dealkylation sites (N-methyl/N-ethyl adjacent to an activating group) is 1. The Labute approximate surface area is 161 Å². The van der Waals surface area contributed by atoms with E-state index in [9.17, 15) is 4.79 Å². The summed E-state index contributed by atoms with van der Waals surface area (Å²) in [7, 11) is 1.68. The van der Waals surface area contributed by atoms with Gasteiger partial charge in [-0.2, -0.15) is 0 Å². The highest BCUT2D eigenvalue weighted by Crippen LogP contribution is 2.42. The van der Waals surface area contributed by atoms with Gasteiger partial charge < -0.3 is 14.4 Å². The molecule has 2 aromatic carbocycles. The van der Waals surface area contributed by atoms with Crippen molar-refractivity contribution in [2.45, 2.75) is 51.0 Å². The van der Waals surface area contributed by atoms with Crippen LogP contribution < -0.4 is 14.4 Å². The minimum atomic E-state index is -0.167. The molecule has 2 aromatic rings. The molecule has 0 bridgehead atoms. The van der Waals surface area contributed by atoms with Crippen molar-refractivity contribution in [3.63, 3.8) is 0 Å². The molecule has 1 aliphatic carbocycles. The second-order valence-corrected chi connectivity index (χ2v) is 7.37. The minimum absolute atomic E-state index is 0.167. The molecule has 4 nitrogen and oxygen atoms in total. The Morgan fingerprint density at radius 3 is 2.59 bits per heavy atom. The van der Waals surface area contributed by atoms with Crippen molar-refractivity contribution in [3.8, 4) is 11.5 Å². The van der Waals surface area contributed by atoms with E-state index in [1.54, 1.807) is 7.11 Å². The van der Waals surface area contributed by atoms with Gasteiger partial charge in [0.05, 0.1) is 19.1 Å². The monoisotopic (exact) mass is 365 g/mol. The zero-order valence-corrected chi connectivity index (χ0v) is 16.1. The molecular weight excluding hydrogens is 338 g/mol. The molecule has 0 radical (unpaired) electrons. The fourth-order valence-corrected chi connectivity index (χ4v) is 4.40. The van der Waals surface area contributed by atoms with Gasteiger partial charge >= 0.3 is 0 Å². The van der Waals surface area contributed by atoms with Crippen LogP contribution in [-0.2, 0) is 11.2 Å². The number of anilines is 1. The number of hydrogen-bond donors (Lipinski definition) is 0. The highest BCUT2D eigenvalue weighted by atomic mass is 16.5. The van der Waals surface area contributed by atoms with Gasteiger partial charge in [-0.25, -0.2) is 0 Å². The zero-order chi connectivity index (χ0) is 18.8. The van der Waals surface area contributed by atoms with Gasteiger partial charge in [0.2, 0.25) is 5.91 Å². The minimum Gasteiger partial charge on any atom is -0.493 e. The molecule has 2 aliphatic rings. The van der Waals surface area contributed by atoms with Crippen LogP contribution in [0.3, 0.4) is 0 Å². The lowest BCUT2D eigenvalue weighted by Crippen LogP contribution is -2.29. The average molecular weight is 365 g/mol. The predicted molar refractivity (Wildman–Crippen MR) is 107 cm³/mol. The summed E-state index contributed by atoms with van der Waals surface area (Å²) in [5.41, 5.74) is 3.20. The topological polar surface area (TPSA) is 38.8 Å². The number of fused-ring (bicyclic) bond motifs is 1. The summed E-state index contributed by atoms with van der Waals surface area (Å²) in [6.07, 6.45) is 5.49. The quantitative estimate of drug-likeness (QED) is 0.744. The lowest BCUT2D eigenvalue weighted by Gasteiger charge is -2.21. The zero-order valence-electron chi connectivity index (χ0n) is 16.1. The number of ether oxygens (including phenoxy) is 2. The number of hydrogen-bond acceptors (Lipinski definition) is 3. The average Bonchev–Trinajstić information content (AvgIpc) is 3.29. The van der Waals surface area contributed by atoms with Crippen LogP contribution >= 0.6 is 0 Å². The molecule has 142 valence electrons. The van der Waals surface area contributed by atoms with Crippen molar-refractivity contribution < 1.29 is 14.3 Å². The number of benzene rings is 2. The normalized spacial score (nSPS) is 19.4. The highest BCUT2D eigenvalue weighted by Gasteiger charge is 2.37. The standard InChI is InChI=1S/C23H27NO3/c1-3-24-20-13-7-6-12-18(20)19(23(24)25)15-16-9-8-14-21(26-2)22(16)27-17-10-4-5-11-17/h6-9,12-14,17,19H,3-5,10-11,15H2,1-2H3. The first kappa shape index (κ1) is 17.9. The second kappa shape index (κ2) is 7.63. The second-order valence-electron chi connectivity index (χ2n) is 7.37. The van der Waals surface area contributed by atoms with E-state index >= 15 is 0 Å². The highest BCUT2D eigenvalue weighted by molar-refractivity contribution is 6.05. The smallest absolute Gasteiger partial charge is 0.234 e. The molecule has 0 N–H and O–H groups in total. The van der Waals surface area contributed by atoms with Gasteiger partial charge in [0.15, 0.2) is 11.5 Å². The Hall–Kier alpha value is -2.49. The van der Waals surface area contributed by atoms with Crippen molar-refractivity contribution in [2.24, 2.45) is 0 Å². The maximum absolute atomic E-state index is 13.1. The third kappa shape index (κ3) is 3.29. The summed E-state index contributed by atoms with van der Waals surface area (Å²) in [5.74, 6) is 1.57. The molecule has 1 unspecified atom stereocenters. The van der Waals surface area contributed by atoms with E-state index in [2.05, 4.69) is 12.1 Å². The van der Waals surface area contributed by atoms with Crippen molar-refractivity contribution in [1.29, 1.82) is 0 Å². The molecule has 1 fully saturated rings. The van der Waals surface area contributed by atoms with Gasteiger partial charge in [0.1, 0.15) is 0 Å². The molecule has 1 saturated carbocycles. The summed E-state index contributed by atoms with van der Waals surface area (Å²) >= 11 is 0. The van der Waals surface area contributed by atoms with Crippen LogP contribution in [0.4, 0.5) is 5.69 Å². The van der Waals surface area contributed by atoms with Gasteiger partial charge in [-0.05, 0) is 62.3 Å². The Morgan fingerprint density at radius 2 is 1.85 bits per heavy atom. The van der Waals surface area contributed by atoms with E-state index in [4.69, 9.17) is 9.47 Å². The molecule has 0 saturated heterocycles. The maximum Gasteiger partial charge on any atom is 0.234 e. The number of methoxy groups -OCH3 is 1. The van der Waals surface area contributed by atoms with Crippen LogP contribution in [0.15, 0.2) is 42.5 Å². The van der Waals surface area contributed by atoms with Gasteiger partial charge in [-0.15, -0.1) is 0 Å². The van der Waals surface area contributed by atoms with Crippen LogP contribution in [0.1, 0.15) is 49.7 Å². The van der Waals surface area contributed by atoms with Gasteiger partial charge in [-0.1, -0.05) is 30.3 Å². The first-order valence-electron chi connectivity index (χ1n) is 9.95. The van der Waals surface area contributed by atoms with Crippen LogP contribution in [0.5, 0.6) is 11.5 Å². The largest absolute Gasteiger partial charge is 0.493 e. The molecule has 1 aliphatic heterocycles. The Morgan fingerprint density at radius 1 is 1.07 bits per heavy atom. The number of carbonyl (C=O) groups excluding carboxylic acids is 1. The lowest BCUT2D eigenvalue weighted by atomic mass is 9.92. The summed E-state index contributed by atoms with van der Waals surface area (Å²) in [5, 5.41) is 0. The number of amides is 1.